The molecule has 7 nitrogen and oxygen atoms in total. The Morgan fingerprint density at radius 1 is 1.18 bits per heavy atom. The van der Waals surface area contributed by atoms with E-state index in [0.717, 1.165) is 28.3 Å². The lowest BCUT2D eigenvalue weighted by Gasteiger charge is -2.11. The van der Waals surface area contributed by atoms with Crippen molar-refractivity contribution in [2.45, 2.75) is 37.3 Å². The Hall–Kier alpha value is -3.17. The molecule has 170 valence electrons. The SMILES string of the molecule is CCCc1nn2c(=O)cc(CSc3ccccc3NC(=O)COc3ccc(C)cc3)nc2s1. The van der Waals surface area contributed by atoms with Crippen molar-refractivity contribution in [3.05, 3.63) is 81.2 Å². The summed E-state index contributed by atoms with van der Waals surface area (Å²) in [5, 5.41) is 8.16. The predicted octanol–water partition coefficient (Wildman–Crippen LogP) is 4.72. The minimum Gasteiger partial charge on any atom is -0.484 e. The smallest absolute Gasteiger partial charge is 0.275 e. The van der Waals surface area contributed by atoms with E-state index in [1.54, 1.807) is 0 Å². The van der Waals surface area contributed by atoms with Crippen molar-refractivity contribution in [1.82, 2.24) is 14.6 Å². The number of anilines is 1. The highest BCUT2D eigenvalue weighted by atomic mass is 32.2. The third kappa shape index (κ3) is 6.00. The molecule has 2 aromatic carbocycles. The van der Waals surface area contributed by atoms with E-state index >= 15 is 0 Å². The van der Waals surface area contributed by atoms with Crippen molar-refractivity contribution in [1.29, 1.82) is 0 Å². The van der Waals surface area contributed by atoms with E-state index in [9.17, 15) is 9.59 Å². The maximum absolute atomic E-state index is 12.4. The molecule has 4 rings (SSSR count). The number of benzene rings is 2. The highest BCUT2D eigenvalue weighted by Gasteiger charge is 2.11. The summed E-state index contributed by atoms with van der Waals surface area (Å²) < 4.78 is 6.93. The van der Waals surface area contributed by atoms with Crippen LogP contribution in [-0.2, 0) is 17.0 Å². The molecule has 0 radical (unpaired) electrons. The molecule has 0 fully saturated rings. The van der Waals surface area contributed by atoms with Gasteiger partial charge in [0.2, 0.25) is 4.96 Å². The second-order valence-corrected chi connectivity index (χ2v) is 9.52. The molecule has 2 aromatic heterocycles. The molecule has 0 aliphatic carbocycles. The van der Waals surface area contributed by atoms with Crippen molar-refractivity contribution in [3.8, 4) is 5.75 Å². The molecular formula is C24H24N4O3S2. The fraction of sp³-hybridized carbons (Fsp3) is 0.250. The van der Waals surface area contributed by atoms with Gasteiger partial charge in [-0.2, -0.15) is 9.61 Å². The van der Waals surface area contributed by atoms with Gasteiger partial charge in [0, 0.05) is 23.1 Å². The Morgan fingerprint density at radius 2 is 1.97 bits per heavy atom. The third-order valence-corrected chi connectivity index (χ3v) is 6.81. The number of fused-ring (bicyclic) bond motifs is 1. The van der Waals surface area contributed by atoms with E-state index in [1.165, 1.54) is 33.7 Å². The van der Waals surface area contributed by atoms with Crippen LogP contribution in [0.25, 0.3) is 4.96 Å². The molecule has 0 atom stereocenters. The molecule has 1 N–H and O–H groups in total. The fourth-order valence-electron chi connectivity index (χ4n) is 3.10. The molecule has 0 spiro atoms. The molecule has 0 aliphatic heterocycles. The van der Waals surface area contributed by atoms with Crippen molar-refractivity contribution in [3.63, 3.8) is 0 Å². The van der Waals surface area contributed by atoms with Crippen molar-refractivity contribution < 1.29 is 9.53 Å². The van der Waals surface area contributed by atoms with Gasteiger partial charge in [-0.15, -0.1) is 11.8 Å². The number of hydrogen-bond acceptors (Lipinski definition) is 7. The van der Waals surface area contributed by atoms with Gasteiger partial charge in [-0.25, -0.2) is 4.98 Å². The van der Waals surface area contributed by atoms with Gasteiger partial charge in [0.05, 0.1) is 11.4 Å². The molecule has 0 bridgehead atoms. The average Bonchev–Trinajstić information content (AvgIpc) is 3.21. The Labute approximate surface area is 199 Å². The largest absolute Gasteiger partial charge is 0.484 e. The fourth-order valence-corrected chi connectivity index (χ4v) is 5.02. The summed E-state index contributed by atoms with van der Waals surface area (Å²) in [6.07, 6.45) is 1.80. The molecule has 0 unspecified atom stereocenters. The summed E-state index contributed by atoms with van der Waals surface area (Å²) in [6, 6.07) is 16.6. The molecule has 9 heteroatoms. The van der Waals surface area contributed by atoms with Crippen LogP contribution in [0.1, 0.15) is 29.6 Å². The lowest BCUT2D eigenvalue weighted by molar-refractivity contribution is -0.118. The maximum Gasteiger partial charge on any atom is 0.275 e. The molecule has 0 saturated heterocycles. The number of aromatic nitrogens is 3. The zero-order valence-electron chi connectivity index (χ0n) is 18.4. The summed E-state index contributed by atoms with van der Waals surface area (Å²) >= 11 is 2.96. The first-order chi connectivity index (χ1) is 16.0. The van der Waals surface area contributed by atoms with Gasteiger partial charge in [-0.05, 0) is 37.6 Å². The number of thioether (sulfide) groups is 1. The minimum absolute atomic E-state index is 0.0808. The quantitative estimate of drug-likeness (QED) is 0.349. The van der Waals surface area contributed by atoms with Gasteiger partial charge >= 0.3 is 0 Å². The van der Waals surface area contributed by atoms with E-state index in [4.69, 9.17) is 4.74 Å². The van der Waals surface area contributed by atoms with Gasteiger partial charge in [-0.3, -0.25) is 9.59 Å². The molecular weight excluding hydrogens is 456 g/mol. The highest BCUT2D eigenvalue weighted by Crippen LogP contribution is 2.29. The van der Waals surface area contributed by atoms with Crippen LogP contribution in [0.3, 0.4) is 0 Å². The van der Waals surface area contributed by atoms with Crippen LogP contribution in [0.2, 0.25) is 0 Å². The summed E-state index contributed by atoms with van der Waals surface area (Å²) in [5.41, 5.74) is 2.33. The van der Waals surface area contributed by atoms with E-state index in [1.807, 2.05) is 55.5 Å². The summed E-state index contributed by atoms with van der Waals surface area (Å²) in [4.78, 5) is 31.0. The zero-order chi connectivity index (χ0) is 23.2. The Bertz CT molecular complexity index is 1320. The molecule has 2 heterocycles. The number of aryl methyl sites for hydroxylation is 2. The lowest BCUT2D eigenvalue weighted by Crippen LogP contribution is -2.20. The second kappa shape index (κ2) is 10.6. The number of para-hydroxylation sites is 1. The number of nitrogens with zero attached hydrogens (tertiary/aromatic N) is 3. The zero-order valence-corrected chi connectivity index (χ0v) is 20.0. The number of rotatable bonds is 9. The Kier molecular flexibility index (Phi) is 7.41. The van der Waals surface area contributed by atoms with Crippen LogP contribution < -0.4 is 15.6 Å². The number of carbonyl (C=O) groups is 1. The average molecular weight is 481 g/mol. The first kappa shape index (κ1) is 23.0. The molecule has 0 aliphatic rings. The summed E-state index contributed by atoms with van der Waals surface area (Å²) in [5.74, 6) is 0.908. The van der Waals surface area contributed by atoms with Crippen molar-refractivity contribution in [2.75, 3.05) is 11.9 Å². The number of amides is 1. The van der Waals surface area contributed by atoms with Gasteiger partial charge < -0.3 is 10.1 Å². The monoisotopic (exact) mass is 480 g/mol. The van der Waals surface area contributed by atoms with Gasteiger partial charge in [0.1, 0.15) is 10.8 Å². The number of ether oxygens (including phenoxy) is 1. The number of carbonyl (C=O) groups excluding carboxylic acids is 1. The van der Waals surface area contributed by atoms with Crippen LogP contribution in [0.4, 0.5) is 5.69 Å². The maximum atomic E-state index is 12.4. The third-order valence-electron chi connectivity index (χ3n) is 4.73. The summed E-state index contributed by atoms with van der Waals surface area (Å²) in [7, 11) is 0. The molecule has 33 heavy (non-hydrogen) atoms. The van der Waals surface area contributed by atoms with Crippen LogP contribution in [-0.4, -0.2) is 27.1 Å². The Balaban J connectivity index is 1.40. The highest BCUT2D eigenvalue weighted by molar-refractivity contribution is 7.98. The van der Waals surface area contributed by atoms with E-state index in [-0.39, 0.29) is 18.1 Å². The molecule has 1 amide bonds. The van der Waals surface area contributed by atoms with Crippen molar-refractivity contribution in [2.24, 2.45) is 0 Å². The van der Waals surface area contributed by atoms with Crippen LogP contribution in [0.5, 0.6) is 5.75 Å². The van der Waals surface area contributed by atoms with E-state index in [0.29, 0.717) is 27.8 Å². The number of hydrogen-bond donors (Lipinski definition) is 1. The first-order valence-corrected chi connectivity index (χ1v) is 12.4. The number of nitrogens with one attached hydrogen (secondary N) is 1. The molecule has 0 saturated carbocycles. The predicted molar refractivity (Wildman–Crippen MR) is 132 cm³/mol. The van der Waals surface area contributed by atoms with Crippen LogP contribution in [0.15, 0.2) is 64.3 Å². The lowest BCUT2D eigenvalue weighted by atomic mass is 10.2. The topological polar surface area (TPSA) is 85.6 Å². The van der Waals surface area contributed by atoms with E-state index in [2.05, 4.69) is 22.3 Å². The van der Waals surface area contributed by atoms with Gasteiger partial charge in [0.25, 0.3) is 11.5 Å². The van der Waals surface area contributed by atoms with Crippen LogP contribution >= 0.6 is 23.1 Å². The summed E-state index contributed by atoms with van der Waals surface area (Å²) in [6.45, 7) is 3.99. The standard InChI is InChI=1S/C24H24N4O3S2/c1-3-6-22-27-28-23(30)13-17(25-24(28)33-22)15-32-20-8-5-4-7-19(20)26-21(29)14-31-18-11-9-16(2)10-12-18/h4-5,7-13H,3,6,14-15H2,1-2H3,(H,26,29). The van der Waals surface area contributed by atoms with Crippen LogP contribution in [0, 0.1) is 6.92 Å². The normalized spacial score (nSPS) is 11.0. The second-order valence-electron chi connectivity index (χ2n) is 7.46. The van der Waals surface area contributed by atoms with E-state index < -0.39 is 0 Å². The molecule has 4 aromatic rings. The first-order valence-electron chi connectivity index (χ1n) is 10.6. The van der Waals surface area contributed by atoms with Gasteiger partial charge in [0.15, 0.2) is 6.61 Å². The van der Waals surface area contributed by atoms with Crippen molar-refractivity contribution >= 4 is 39.7 Å². The Morgan fingerprint density at radius 3 is 2.76 bits per heavy atom. The minimum atomic E-state index is -0.241. The van der Waals surface area contributed by atoms with Gasteiger partial charge in [-0.1, -0.05) is 48.1 Å².